The van der Waals surface area contributed by atoms with Gasteiger partial charge in [-0.3, -0.25) is 9.59 Å². The van der Waals surface area contributed by atoms with Crippen molar-refractivity contribution in [3.63, 3.8) is 0 Å². The van der Waals surface area contributed by atoms with E-state index < -0.39 is 0 Å². The Labute approximate surface area is 137 Å². The highest BCUT2D eigenvalue weighted by Gasteiger charge is 2.10. The van der Waals surface area contributed by atoms with Crippen molar-refractivity contribution in [2.45, 2.75) is 29.5 Å². The van der Waals surface area contributed by atoms with Gasteiger partial charge < -0.3 is 10.6 Å². The quantitative estimate of drug-likeness (QED) is 0.660. The average molecular weight is 349 g/mol. The lowest BCUT2D eigenvalue weighted by Gasteiger charge is -2.03. The number of aromatic nitrogens is 2. The Bertz CT molecular complexity index is 465. The van der Waals surface area contributed by atoms with Crippen molar-refractivity contribution in [1.29, 1.82) is 0 Å². The predicted molar refractivity (Wildman–Crippen MR) is 87.9 cm³/mol. The molecule has 0 aliphatic carbocycles. The summed E-state index contributed by atoms with van der Waals surface area (Å²) in [6.45, 7) is 6.72. The minimum atomic E-state index is -0.183. The highest BCUT2D eigenvalue weighted by molar-refractivity contribution is 8.03. The minimum Gasteiger partial charge on any atom is -0.355 e. The van der Waals surface area contributed by atoms with Gasteiger partial charge in [-0.1, -0.05) is 48.7 Å². The van der Waals surface area contributed by atoms with E-state index in [2.05, 4.69) is 34.7 Å². The summed E-state index contributed by atoms with van der Waals surface area (Å²) in [6.07, 6.45) is 0. The Morgan fingerprint density at radius 2 is 1.81 bits per heavy atom. The zero-order chi connectivity index (χ0) is 15.7. The van der Waals surface area contributed by atoms with E-state index in [-0.39, 0.29) is 24.1 Å². The van der Waals surface area contributed by atoms with Crippen LogP contribution in [0.1, 0.15) is 20.8 Å². The molecule has 0 saturated heterocycles. The first-order valence-corrected chi connectivity index (χ1v) is 9.42. The van der Waals surface area contributed by atoms with Crippen LogP contribution < -0.4 is 10.6 Å². The van der Waals surface area contributed by atoms with Gasteiger partial charge in [0.05, 0.1) is 12.3 Å². The fourth-order valence-electron chi connectivity index (χ4n) is 1.17. The van der Waals surface area contributed by atoms with Crippen LogP contribution in [-0.4, -0.2) is 46.6 Å². The fraction of sp³-hybridized carbons (Fsp3) is 0.667. The van der Waals surface area contributed by atoms with E-state index >= 15 is 0 Å². The molecule has 0 bridgehead atoms. The third-order valence-electron chi connectivity index (χ3n) is 2.07. The van der Waals surface area contributed by atoms with E-state index in [0.29, 0.717) is 12.5 Å². The molecule has 0 spiro atoms. The highest BCUT2D eigenvalue weighted by Crippen LogP contribution is 2.29. The summed E-state index contributed by atoms with van der Waals surface area (Å²) < 4.78 is 1.70. The topological polar surface area (TPSA) is 84.0 Å². The first-order chi connectivity index (χ1) is 10.0. The van der Waals surface area contributed by atoms with Crippen LogP contribution in [0.2, 0.25) is 0 Å². The van der Waals surface area contributed by atoms with Gasteiger partial charge in [-0.2, -0.15) is 0 Å². The number of amides is 2. The zero-order valence-corrected chi connectivity index (χ0v) is 14.8. The number of hydrogen-bond acceptors (Lipinski definition) is 7. The summed E-state index contributed by atoms with van der Waals surface area (Å²) in [4.78, 5) is 22.8. The maximum atomic E-state index is 11.6. The molecule has 21 heavy (non-hydrogen) atoms. The molecule has 1 aromatic rings. The lowest BCUT2D eigenvalue weighted by Crippen LogP contribution is -2.37. The monoisotopic (exact) mass is 348 g/mol. The van der Waals surface area contributed by atoms with Gasteiger partial charge in [0.15, 0.2) is 8.68 Å². The number of carbonyl (C=O) groups excluding carboxylic acids is 2. The van der Waals surface area contributed by atoms with E-state index in [1.807, 2.05) is 6.92 Å². The molecule has 6 nitrogen and oxygen atoms in total. The molecular formula is C12H20N4O2S3. The van der Waals surface area contributed by atoms with Crippen LogP contribution in [0, 0.1) is 5.92 Å². The van der Waals surface area contributed by atoms with E-state index in [9.17, 15) is 9.59 Å². The SMILES string of the molecule is CCNC(=O)CNC(=O)CSc1nnc(SCC(C)C)s1. The Kier molecular flexibility index (Phi) is 8.70. The Balaban J connectivity index is 2.25. The third kappa shape index (κ3) is 8.27. The molecule has 0 saturated carbocycles. The second-order valence-electron chi connectivity index (χ2n) is 4.56. The van der Waals surface area contributed by atoms with Gasteiger partial charge >= 0.3 is 0 Å². The van der Waals surface area contributed by atoms with Crippen molar-refractivity contribution >= 4 is 46.7 Å². The lowest BCUT2D eigenvalue weighted by molar-refractivity contribution is -0.124. The molecule has 1 rings (SSSR count). The van der Waals surface area contributed by atoms with Crippen molar-refractivity contribution in [2.75, 3.05) is 24.6 Å². The highest BCUT2D eigenvalue weighted by atomic mass is 32.2. The number of nitrogens with one attached hydrogen (secondary N) is 2. The second-order valence-corrected chi connectivity index (χ2v) is 8.02. The number of thioether (sulfide) groups is 2. The number of carbonyl (C=O) groups is 2. The molecule has 2 amide bonds. The molecule has 118 valence electrons. The van der Waals surface area contributed by atoms with Crippen LogP contribution >= 0.6 is 34.9 Å². The smallest absolute Gasteiger partial charge is 0.239 e. The summed E-state index contributed by atoms with van der Waals surface area (Å²) in [5.74, 6) is 1.49. The Morgan fingerprint density at radius 3 is 2.43 bits per heavy atom. The fourth-order valence-corrected chi connectivity index (χ4v) is 4.00. The van der Waals surface area contributed by atoms with Gasteiger partial charge in [-0.15, -0.1) is 10.2 Å². The zero-order valence-electron chi connectivity index (χ0n) is 12.3. The predicted octanol–water partition coefficient (Wildman–Crippen LogP) is 1.63. The standard InChI is InChI=1S/C12H20N4O2S3/c1-4-13-9(17)5-14-10(18)7-20-12-16-15-11(21-12)19-6-8(2)3/h8H,4-7H2,1-3H3,(H,13,17)(H,14,18). The largest absolute Gasteiger partial charge is 0.355 e. The van der Waals surface area contributed by atoms with Gasteiger partial charge in [-0.05, 0) is 12.8 Å². The molecule has 0 atom stereocenters. The van der Waals surface area contributed by atoms with Gasteiger partial charge in [-0.25, -0.2) is 0 Å². The van der Waals surface area contributed by atoms with Gasteiger partial charge in [0.25, 0.3) is 0 Å². The molecule has 0 aliphatic heterocycles. The van der Waals surface area contributed by atoms with Crippen molar-refractivity contribution in [3.8, 4) is 0 Å². The second kappa shape index (κ2) is 10.0. The van der Waals surface area contributed by atoms with Gasteiger partial charge in [0, 0.05) is 12.3 Å². The van der Waals surface area contributed by atoms with Crippen LogP contribution in [0.5, 0.6) is 0 Å². The molecule has 1 heterocycles. The van der Waals surface area contributed by atoms with Crippen LogP contribution in [0.3, 0.4) is 0 Å². The minimum absolute atomic E-state index is 0.0127. The van der Waals surface area contributed by atoms with E-state index in [1.165, 1.54) is 23.1 Å². The molecule has 0 radical (unpaired) electrons. The van der Waals surface area contributed by atoms with Crippen LogP contribution in [0.4, 0.5) is 0 Å². The van der Waals surface area contributed by atoms with Crippen molar-refractivity contribution < 1.29 is 9.59 Å². The molecule has 0 aromatic carbocycles. The maximum absolute atomic E-state index is 11.6. The summed E-state index contributed by atoms with van der Waals surface area (Å²) in [5, 5.41) is 13.3. The number of hydrogen-bond donors (Lipinski definition) is 2. The van der Waals surface area contributed by atoms with E-state index in [0.717, 1.165) is 14.4 Å². The van der Waals surface area contributed by atoms with Crippen molar-refractivity contribution in [1.82, 2.24) is 20.8 Å². The summed E-state index contributed by atoms with van der Waals surface area (Å²) in [5.41, 5.74) is 0. The van der Waals surface area contributed by atoms with E-state index in [4.69, 9.17) is 0 Å². The molecule has 0 fully saturated rings. The van der Waals surface area contributed by atoms with E-state index in [1.54, 1.807) is 11.8 Å². The first-order valence-electron chi connectivity index (χ1n) is 6.63. The normalized spacial score (nSPS) is 10.7. The molecule has 0 aliphatic rings. The van der Waals surface area contributed by atoms with Crippen molar-refractivity contribution in [2.24, 2.45) is 5.92 Å². The molecule has 0 unspecified atom stereocenters. The lowest BCUT2D eigenvalue weighted by atomic mass is 10.3. The average Bonchev–Trinajstić information content (AvgIpc) is 2.89. The number of likely N-dealkylation sites (N-methyl/N-ethyl adjacent to an activating group) is 1. The molecule has 9 heteroatoms. The van der Waals surface area contributed by atoms with Crippen molar-refractivity contribution in [3.05, 3.63) is 0 Å². The van der Waals surface area contributed by atoms with Gasteiger partial charge in [0.2, 0.25) is 11.8 Å². The summed E-state index contributed by atoms with van der Waals surface area (Å²) in [7, 11) is 0. The summed E-state index contributed by atoms with van der Waals surface area (Å²) >= 11 is 4.51. The molecule has 2 N–H and O–H groups in total. The first kappa shape index (κ1) is 18.2. The maximum Gasteiger partial charge on any atom is 0.239 e. The summed E-state index contributed by atoms with van der Waals surface area (Å²) in [6, 6.07) is 0. The Hall–Kier alpha value is -0.800. The number of nitrogens with zero attached hydrogens (tertiary/aromatic N) is 2. The molecular weight excluding hydrogens is 328 g/mol. The number of rotatable bonds is 9. The van der Waals surface area contributed by atoms with Gasteiger partial charge in [0.1, 0.15) is 0 Å². The Morgan fingerprint density at radius 1 is 1.14 bits per heavy atom. The van der Waals surface area contributed by atoms with Crippen LogP contribution in [0.15, 0.2) is 8.68 Å². The van der Waals surface area contributed by atoms with Crippen LogP contribution in [-0.2, 0) is 9.59 Å². The third-order valence-corrected chi connectivity index (χ3v) is 5.69. The van der Waals surface area contributed by atoms with Crippen LogP contribution in [0.25, 0.3) is 0 Å². The molecule has 1 aromatic heterocycles.